The highest BCUT2D eigenvalue weighted by Crippen LogP contribution is 2.36. The maximum atomic E-state index is 13.4. The van der Waals surface area contributed by atoms with Gasteiger partial charge in [-0.15, -0.1) is 0 Å². The summed E-state index contributed by atoms with van der Waals surface area (Å²) < 4.78 is 11.1. The van der Waals surface area contributed by atoms with E-state index in [4.69, 9.17) is 14.5 Å². The predicted octanol–water partition coefficient (Wildman–Crippen LogP) is 6.25. The van der Waals surface area contributed by atoms with Gasteiger partial charge < -0.3 is 9.47 Å². The second-order valence-electron chi connectivity index (χ2n) is 7.88. The summed E-state index contributed by atoms with van der Waals surface area (Å²) in [5, 5.41) is 0.689. The van der Waals surface area contributed by atoms with Crippen molar-refractivity contribution in [1.29, 1.82) is 0 Å². The molecule has 34 heavy (non-hydrogen) atoms. The molecule has 0 bridgehead atoms. The Hall–Kier alpha value is -3.51. The van der Waals surface area contributed by atoms with Crippen molar-refractivity contribution >= 4 is 34.6 Å². The number of nitrogens with zero attached hydrogens (tertiary/aromatic N) is 2. The zero-order valence-electron chi connectivity index (χ0n) is 19.7. The molecule has 5 nitrogen and oxygen atoms in total. The van der Waals surface area contributed by atoms with E-state index in [2.05, 4.69) is 12.1 Å². The summed E-state index contributed by atoms with van der Waals surface area (Å²) in [4.78, 5) is 20.6. The van der Waals surface area contributed by atoms with Crippen LogP contribution in [0.1, 0.15) is 23.6 Å². The molecule has 4 rings (SSSR count). The molecular formula is C28H28N2O3S. The van der Waals surface area contributed by atoms with Crippen LogP contribution in [-0.2, 0) is 11.2 Å². The van der Waals surface area contributed by atoms with E-state index >= 15 is 0 Å². The lowest BCUT2D eigenvalue weighted by Gasteiger charge is -2.15. The highest BCUT2D eigenvalue weighted by molar-refractivity contribution is 8.18. The molecule has 3 aromatic carbocycles. The maximum Gasteiger partial charge on any atom is 0.266 e. The Morgan fingerprint density at radius 1 is 1.00 bits per heavy atom. The van der Waals surface area contributed by atoms with Gasteiger partial charge in [0.2, 0.25) is 0 Å². The zero-order valence-corrected chi connectivity index (χ0v) is 20.5. The average molecular weight is 473 g/mol. The Morgan fingerprint density at radius 2 is 1.76 bits per heavy atom. The third-order valence-corrected chi connectivity index (χ3v) is 6.41. The Bertz CT molecular complexity index is 1200. The van der Waals surface area contributed by atoms with Crippen LogP contribution >= 0.6 is 11.8 Å². The van der Waals surface area contributed by atoms with Crippen LogP contribution in [0.25, 0.3) is 6.08 Å². The predicted molar refractivity (Wildman–Crippen MR) is 140 cm³/mol. The molecule has 1 aliphatic heterocycles. The Labute approximate surface area is 205 Å². The molecule has 0 spiro atoms. The number of amidine groups is 1. The number of carbonyl (C=O) groups is 1. The molecule has 1 amide bonds. The van der Waals surface area contributed by atoms with E-state index in [0.717, 1.165) is 17.7 Å². The summed E-state index contributed by atoms with van der Waals surface area (Å²) >= 11 is 1.40. The van der Waals surface area contributed by atoms with Crippen LogP contribution in [0.5, 0.6) is 11.5 Å². The lowest BCUT2D eigenvalue weighted by Crippen LogP contribution is -2.31. The molecule has 1 aliphatic rings. The highest BCUT2D eigenvalue weighted by atomic mass is 32.2. The van der Waals surface area contributed by atoms with Crippen molar-refractivity contribution in [3.05, 3.63) is 94.4 Å². The van der Waals surface area contributed by atoms with Gasteiger partial charge in [0.15, 0.2) is 16.7 Å². The number of carbonyl (C=O) groups excluding carboxylic acids is 1. The van der Waals surface area contributed by atoms with Gasteiger partial charge in [-0.25, -0.2) is 4.99 Å². The van der Waals surface area contributed by atoms with E-state index in [0.29, 0.717) is 34.7 Å². The van der Waals surface area contributed by atoms with Crippen LogP contribution in [0.3, 0.4) is 0 Å². The van der Waals surface area contributed by atoms with E-state index in [1.807, 2.05) is 80.6 Å². The number of amides is 1. The van der Waals surface area contributed by atoms with E-state index in [1.165, 1.54) is 22.9 Å². The van der Waals surface area contributed by atoms with Crippen molar-refractivity contribution in [2.45, 2.75) is 20.3 Å². The van der Waals surface area contributed by atoms with Crippen molar-refractivity contribution in [3.8, 4) is 11.5 Å². The summed E-state index contributed by atoms with van der Waals surface area (Å²) in [6.45, 7) is 5.07. The van der Waals surface area contributed by atoms with Crippen molar-refractivity contribution in [2.24, 2.45) is 4.99 Å². The third kappa shape index (κ3) is 5.69. The fraction of sp³-hybridized carbons (Fsp3) is 0.214. The molecule has 0 atom stereocenters. The quantitative estimate of drug-likeness (QED) is 0.364. The smallest absolute Gasteiger partial charge is 0.266 e. The van der Waals surface area contributed by atoms with Gasteiger partial charge in [0.25, 0.3) is 5.91 Å². The van der Waals surface area contributed by atoms with E-state index in [1.54, 1.807) is 12.0 Å². The second-order valence-corrected chi connectivity index (χ2v) is 8.89. The van der Waals surface area contributed by atoms with Crippen molar-refractivity contribution in [3.63, 3.8) is 0 Å². The SMILES string of the molecule is CCOc1cc(/C=C2/SC(=Nc3ccc(C)cc3)N(CCc3ccccc3)C2=O)ccc1OC. The molecule has 1 saturated heterocycles. The minimum atomic E-state index is -0.0411. The number of hydrogen-bond donors (Lipinski definition) is 0. The minimum Gasteiger partial charge on any atom is -0.493 e. The third-order valence-electron chi connectivity index (χ3n) is 5.40. The van der Waals surface area contributed by atoms with Crippen LogP contribution in [0, 0.1) is 6.92 Å². The first-order valence-corrected chi connectivity index (χ1v) is 12.1. The van der Waals surface area contributed by atoms with Crippen LogP contribution in [0.2, 0.25) is 0 Å². The molecule has 0 saturated carbocycles. The van der Waals surface area contributed by atoms with E-state index in [-0.39, 0.29) is 5.91 Å². The Balaban J connectivity index is 1.64. The number of ether oxygens (including phenoxy) is 2. The first-order chi connectivity index (χ1) is 16.6. The molecule has 0 radical (unpaired) electrons. The number of rotatable bonds is 8. The van der Waals surface area contributed by atoms with Crippen molar-refractivity contribution in [1.82, 2.24) is 4.90 Å². The van der Waals surface area contributed by atoms with Gasteiger partial charge in [-0.2, -0.15) is 0 Å². The van der Waals surface area contributed by atoms with Gasteiger partial charge in [0.05, 0.1) is 24.3 Å². The molecule has 174 valence electrons. The van der Waals surface area contributed by atoms with Gasteiger partial charge in [0.1, 0.15) is 0 Å². The first-order valence-electron chi connectivity index (χ1n) is 11.3. The lowest BCUT2D eigenvalue weighted by molar-refractivity contribution is -0.122. The largest absolute Gasteiger partial charge is 0.493 e. The molecule has 6 heteroatoms. The summed E-state index contributed by atoms with van der Waals surface area (Å²) in [7, 11) is 1.62. The number of methoxy groups -OCH3 is 1. The molecule has 3 aromatic rings. The molecule has 0 unspecified atom stereocenters. The zero-order chi connectivity index (χ0) is 23.9. The number of benzene rings is 3. The monoisotopic (exact) mass is 472 g/mol. The second kappa shape index (κ2) is 11.1. The standard InChI is InChI=1S/C28H28N2O3S/c1-4-33-25-18-22(12-15-24(25)32-3)19-26-27(31)30(17-16-21-8-6-5-7-9-21)28(34-26)29-23-13-10-20(2)11-14-23/h5-15,18-19H,4,16-17H2,1-3H3/b26-19+,29-28?. The summed E-state index contributed by atoms with van der Waals surface area (Å²) in [5.74, 6) is 1.28. The van der Waals surface area contributed by atoms with Crippen molar-refractivity contribution < 1.29 is 14.3 Å². The molecule has 0 N–H and O–H groups in total. The molecule has 0 aromatic heterocycles. The van der Waals surface area contributed by atoms with E-state index in [9.17, 15) is 4.79 Å². The van der Waals surface area contributed by atoms with Crippen LogP contribution in [0.4, 0.5) is 5.69 Å². The van der Waals surface area contributed by atoms with Crippen LogP contribution in [0.15, 0.2) is 82.7 Å². The summed E-state index contributed by atoms with van der Waals surface area (Å²) in [6.07, 6.45) is 2.65. The Morgan fingerprint density at radius 3 is 2.47 bits per heavy atom. The van der Waals surface area contributed by atoms with Gasteiger partial charge in [0, 0.05) is 6.54 Å². The lowest BCUT2D eigenvalue weighted by atomic mass is 10.1. The maximum absolute atomic E-state index is 13.4. The topological polar surface area (TPSA) is 51.1 Å². The minimum absolute atomic E-state index is 0.0411. The van der Waals surface area contributed by atoms with Gasteiger partial charge in [-0.1, -0.05) is 54.1 Å². The van der Waals surface area contributed by atoms with Gasteiger partial charge in [-0.05, 0) is 73.5 Å². The average Bonchev–Trinajstić information content (AvgIpc) is 3.14. The number of aryl methyl sites for hydroxylation is 1. The number of thioether (sulfide) groups is 1. The van der Waals surface area contributed by atoms with Crippen molar-refractivity contribution in [2.75, 3.05) is 20.3 Å². The normalized spacial score (nSPS) is 15.9. The fourth-order valence-electron chi connectivity index (χ4n) is 3.61. The van der Waals surface area contributed by atoms with E-state index < -0.39 is 0 Å². The highest BCUT2D eigenvalue weighted by Gasteiger charge is 2.33. The number of hydrogen-bond acceptors (Lipinski definition) is 5. The van der Waals surface area contributed by atoms with Crippen LogP contribution < -0.4 is 9.47 Å². The molecule has 0 aliphatic carbocycles. The van der Waals surface area contributed by atoms with Crippen LogP contribution in [-0.4, -0.2) is 36.2 Å². The van der Waals surface area contributed by atoms with Gasteiger partial charge in [-0.3, -0.25) is 9.69 Å². The Kier molecular flexibility index (Phi) is 7.70. The fourth-order valence-corrected chi connectivity index (χ4v) is 4.63. The molecule has 1 heterocycles. The summed E-state index contributed by atoms with van der Waals surface area (Å²) in [5.41, 5.74) is 4.06. The molecule has 1 fully saturated rings. The molecular weight excluding hydrogens is 444 g/mol. The van der Waals surface area contributed by atoms with Gasteiger partial charge >= 0.3 is 0 Å². The number of aliphatic imine (C=N–C) groups is 1. The summed E-state index contributed by atoms with van der Waals surface area (Å²) in [6, 6.07) is 23.9. The first kappa shape index (κ1) is 23.6.